The van der Waals surface area contributed by atoms with Crippen molar-refractivity contribution < 1.29 is 0 Å². The molecule has 0 aliphatic rings. The Bertz CT molecular complexity index is 213. The van der Waals surface area contributed by atoms with Crippen LogP contribution < -0.4 is 0 Å². The van der Waals surface area contributed by atoms with Crippen molar-refractivity contribution in [3.8, 4) is 0 Å². The first-order valence-electron chi connectivity index (χ1n) is 8.86. The van der Waals surface area contributed by atoms with Gasteiger partial charge < -0.3 is 0 Å². The molecule has 0 aliphatic heterocycles. The smallest absolute Gasteiger partial charge is 0.0811 e. The molecule has 0 bridgehead atoms. The third-order valence-electron chi connectivity index (χ3n) is 3.76. The van der Waals surface area contributed by atoms with Crippen LogP contribution in [0.1, 0.15) is 96.8 Å². The molecule has 0 atom stereocenters. The number of hydrogen-bond acceptors (Lipinski definition) is 2. The van der Waals surface area contributed by atoms with E-state index < -0.39 is 0 Å². The van der Waals surface area contributed by atoms with Crippen molar-refractivity contribution in [2.45, 2.75) is 96.8 Å². The monoisotopic (exact) mass is 281 g/mol. The summed E-state index contributed by atoms with van der Waals surface area (Å²) in [5.74, 6) is 0. The average molecular weight is 281 g/mol. The summed E-state index contributed by atoms with van der Waals surface area (Å²) in [6.45, 7) is 2.77. The van der Waals surface area contributed by atoms with Gasteiger partial charge in [0.25, 0.3) is 0 Å². The Morgan fingerprint density at radius 3 is 1.60 bits per heavy atom. The molecule has 0 amide bonds. The molecule has 2 nitrogen and oxygen atoms in total. The first-order chi connectivity index (χ1) is 9.91. The van der Waals surface area contributed by atoms with Gasteiger partial charge in [0.05, 0.1) is 6.54 Å². The van der Waals surface area contributed by atoms with Crippen molar-refractivity contribution in [1.82, 2.24) is 0 Å². The van der Waals surface area contributed by atoms with Gasteiger partial charge in [-0.2, -0.15) is 4.91 Å². The number of unbranched alkanes of at least 4 members (excludes halogenated alkanes) is 12. The van der Waals surface area contributed by atoms with E-state index in [0.717, 1.165) is 6.42 Å². The van der Waals surface area contributed by atoms with E-state index in [1.165, 1.54) is 83.5 Å². The average Bonchev–Trinajstić information content (AvgIpc) is 2.47. The van der Waals surface area contributed by atoms with Gasteiger partial charge in [0.2, 0.25) is 0 Å². The van der Waals surface area contributed by atoms with Crippen molar-refractivity contribution >= 4 is 0 Å². The molecule has 0 fully saturated rings. The lowest BCUT2D eigenvalue weighted by atomic mass is 10.1. The number of nitroso groups, excluding NO2 is 1. The van der Waals surface area contributed by atoms with Crippen LogP contribution in [0.2, 0.25) is 0 Å². The number of hydrogen-bond donors (Lipinski definition) is 0. The summed E-state index contributed by atoms with van der Waals surface area (Å²) < 4.78 is 0. The van der Waals surface area contributed by atoms with Gasteiger partial charge in [-0.05, 0) is 32.1 Å². The molecule has 0 saturated heterocycles. The van der Waals surface area contributed by atoms with Crippen molar-refractivity contribution in [1.29, 1.82) is 0 Å². The molecule has 20 heavy (non-hydrogen) atoms. The Hall–Kier alpha value is -0.660. The van der Waals surface area contributed by atoms with Crippen LogP contribution >= 0.6 is 0 Å². The highest BCUT2D eigenvalue weighted by molar-refractivity contribution is 4.81. The van der Waals surface area contributed by atoms with Gasteiger partial charge in [0, 0.05) is 0 Å². The molecule has 0 spiro atoms. The van der Waals surface area contributed by atoms with Crippen LogP contribution in [-0.2, 0) is 0 Å². The molecular formula is C18H35NO. The Morgan fingerprint density at radius 2 is 1.10 bits per heavy atom. The molecule has 0 aromatic heterocycles. The van der Waals surface area contributed by atoms with Crippen LogP contribution in [0, 0.1) is 4.91 Å². The zero-order chi connectivity index (χ0) is 14.7. The van der Waals surface area contributed by atoms with E-state index in [-0.39, 0.29) is 0 Å². The molecule has 0 unspecified atom stereocenters. The molecule has 2 heteroatoms. The quantitative estimate of drug-likeness (QED) is 0.174. The van der Waals surface area contributed by atoms with Crippen molar-refractivity contribution in [2.24, 2.45) is 5.18 Å². The molecule has 0 rings (SSSR count). The molecule has 0 aliphatic carbocycles. The molecule has 0 aromatic carbocycles. The van der Waals surface area contributed by atoms with Crippen LogP contribution in [0.4, 0.5) is 0 Å². The minimum atomic E-state index is 0.501. The summed E-state index contributed by atoms with van der Waals surface area (Å²) in [5, 5.41) is 2.88. The molecule has 0 saturated carbocycles. The van der Waals surface area contributed by atoms with Gasteiger partial charge in [-0.1, -0.05) is 82.0 Å². The summed E-state index contributed by atoms with van der Waals surface area (Å²) in [5.41, 5.74) is 0. The summed E-state index contributed by atoms with van der Waals surface area (Å²) >= 11 is 0. The second-order valence-corrected chi connectivity index (χ2v) is 5.79. The molecule has 0 heterocycles. The lowest BCUT2D eigenvalue weighted by Gasteiger charge is -1.99. The van der Waals surface area contributed by atoms with Crippen molar-refractivity contribution in [3.63, 3.8) is 0 Å². The van der Waals surface area contributed by atoms with E-state index in [1.54, 1.807) is 0 Å². The van der Waals surface area contributed by atoms with Crippen LogP contribution in [0.3, 0.4) is 0 Å². The summed E-state index contributed by atoms with van der Waals surface area (Å²) in [6, 6.07) is 0. The van der Waals surface area contributed by atoms with Gasteiger partial charge in [-0.3, -0.25) is 0 Å². The SMILES string of the molecule is CCCCCCCCC=CCCCCCCCCN=O. The summed E-state index contributed by atoms with van der Waals surface area (Å²) in [6.07, 6.45) is 23.0. The Labute approximate surface area is 126 Å². The Balaban J connectivity index is 3.03. The van der Waals surface area contributed by atoms with Crippen LogP contribution in [-0.4, -0.2) is 6.54 Å². The third kappa shape index (κ3) is 17.3. The summed E-state index contributed by atoms with van der Waals surface area (Å²) in [4.78, 5) is 9.90. The molecule has 0 radical (unpaired) electrons. The largest absolute Gasteiger partial charge is 0.151 e. The maximum Gasteiger partial charge on any atom is 0.0811 e. The first-order valence-corrected chi connectivity index (χ1v) is 8.86. The van der Waals surface area contributed by atoms with Crippen LogP contribution in [0.25, 0.3) is 0 Å². The highest BCUT2D eigenvalue weighted by Crippen LogP contribution is 2.09. The number of allylic oxidation sites excluding steroid dienone is 2. The van der Waals surface area contributed by atoms with E-state index in [4.69, 9.17) is 0 Å². The topological polar surface area (TPSA) is 29.4 Å². The maximum atomic E-state index is 9.90. The Morgan fingerprint density at radius 1 is 0.650 bits per heavy atom. The van der Waals surface area contributed by atoms with E-state index in [9.17, 15) is 4.91 Å². The first kappa shape index (κ1) is 19.3. The zero-order valence-corrected chi connectivity index (χ0v) is 13.6. The molecule has 118 valence electrons. The van der Waals surface area contributed by atoms with E-state index in [2.05, 4.69) is 24.3 Å². The van der Waals surface area contributed by atoms with Crippen LogP contribution in [0.15, 0.2) is 17.3 Å². The standard InChI is InChI=1S/C18H35NO/c1-2-3-4-5-6-7-8-9-10-11-12-13-14-15-16-17-18-19-20/h9-10H,2-8,11-18H2,1H3. The lowest BCUT2D eigenvalue weighted by molar-refractivity contribution is 0.599. The Kier molecular flexibility index (Phi) is 17.7. The molecule has 0 N–H and O–H groups in total. The fraction of sp³-hybridized carbons (Fsp3) is 0.889. The molecular weight excluding hydrogens is 246 g/mol. The summed E-state index contributed by atoms with van der Waals surface area (Å²) in [7, 11) is 0. The van der Waals surface area contributed by atoms with E-state index in [0.29, 0.717) is 6.54 Å². The number of rotatable bonds is 16. The second-order valence-electron chi connectivity index (χ2n) is 5.79. The second kappa shape index (κ2) is 18.3. The molecule has 0 aromatic rings. The van der Waals surface area contributed by atoms with Crippen molar-refractivity contribution in [2.75, 3.05) is 6.54 Å². The van der Waals surface area contributed by atoms with Gasteiger partial charge in [0.1, 0.15) is 0 Å². The van der Waals surface area contributed by atoms with E-state index in [1.807, 2.05) is 0 Å². The minimum absolute atomic E-state index is 0.501. The predicted molar refractivity (Wildman–Crippen MR) is 90.1 cm³/mol. The van der Waals surface area contributed by atoms with Gasteiger partial charge in [-0.15, -0.1) is 0 Å². The third-order valence-corrected chi connectivity index (χ3v) is 3.76. The van der Waals surface area contributed by atoms with Crippen LogP contribution in [0.5, 0.6) is 0 Å². The minimum Gasteiger partial charge on any atom is -0.151 e. The maximum absolute atomic E-state index is 9.90. The van der Waals surface area contributed by atoms with Crippen molar-refractivity contribution in [3.05, 3.63) is 17.1 Å². The van der Waals surface area contributed by atoms with Gasteiger partial charge in [-0.25, -0.2) is 0 Å². The van der Waals surface area contributed by atoms with E-state index >= 15 is 0 Å². The normalized spacial score (nSPS) is 11.2. The lowest BCUT2D eigenvalue weighted by Crippen LogP contribution is -1.82. The van der Waals surface area contributed by atoms with Gasteiger partial charge >= 0.3 is 0 Å². The number of nitrogens with zero attached hydrogens (tertiary/aromatic N) is 1. The highest BCUT2D eigenvalue weighted by Gasteiger charge is 1.91. The zero-order valence-electron chi connectivity index (χ0n) is 13.6. The van der Waals surface area contributed by atoms with Gasteiger partial charge in [0.15, 0.2) is 0 Å². The fourth-order valence-electron chi connectivity index (χ4n) is 2.42. The highest BCUT2D eigenvalue weighted by atomic mass is 16.3. The fourth-order valence-corrected chi connectivity index (χ4v) is 2.42. The predicted octanol–water partition coefficient (Wildman–Crippen LogP) is 6.79.